The molecule has 0 bridgehead atoms. The second-order valence-corrected chi connectivity index (χ2v) is 5.77. The van der Waals surface area contributed by atoms with Gasteiger partial charge >= 0.3 is 0 Å². The number of hydrogen-bond acceptors (Lipinski definition) is 4. The van der Waals surface area contributed by atoms with Gasteiger partial charge in [0, 0.05) is 23.3 Å². The highest BCUT2D eigenvalue weighted by Crippen LogP contribution is 2.14. The number of rotatable bonds is 8. The Morgan fingerprint density at radius 3 is 2.55 bits per heavy atom. The van der Waals surface area contributed by atoms with Gasteiger partial charge in [0.1, 0.15) is 5.75 Å². The zero-order chi connectivity index (χ0) is 15.8. The summed E-state index contributed by atoms with van der Waals surface area (Å²) in [6, 6.07) is 10.9. The molecular weight excluding hydrogens is 298 g/mol. The molecular formula is C17H19NO3S. The molecule has 0 unspecified atom stereocenters. The molecule has 0 fully saturated rings. The lowest BCUT2D eigenvalue weighted by atomic mass is 10.1. The van der Waals surface area contributed by atoms with Crippen molar-refractivity contribution in [2.45, 2.75) is 26.3 Å². The summed E-state index contributed by atoms with van der Waals surface area (Å²) < 4.78 is 5.33. The molecule has 2 rings (SSSR count). The minimum Gasteiger partial charge on any atom is -0.494 e. The highest BCUT2D eigenvalue weighted by atomic mass is 32.1. The predicted molar refractivity (Wildman–Crippen MR) is 87.3 cm³/mol. The number of amides is 1. The Balaban J connectivity index is 1.75. The minimum atomic E-state index is -0.104. The molecule has 0 aliphatic heterocycles. The van der Waals surface area contributed by atoms with Gasteiger partial charge in [0.25, 0.3) is 0 Å². The Morgan fingerprint density at radius 1 is 1.14 bits per heavy atom. The molecule has 4 nitrogen and oxygen atoms in total. The van der Waals surface area contributed by atoms with Crippen molar-refractivity contribution in [3.63, 3.8) is 0 Å². The maximum absolute atomic E-state index is 12.0. The van der Waals surface area contributed by atoms with E-state index in [0.29, 0.717) is 18.7 Å². The maximum Gasteiger partial charge on any atom is 0.220 e. The number of carbonyl (C=O) groups excluding carboxylic acids is 2. The number of ketones is 1. The average Bonchev–Trinajstić information content (AvgIpc) is 3.05. The van der Waals surface area contributed by atoms with Gasteiger partial charge in [-0.2, -0.15) is 0 Å². The van der Waals surface area contributed by atoms with Gasteiger partial charge in [-0.3, -0.25) is 9.59 Å². The largest absolute Gasteiger partial charge is 0.494 e. The summed E-state index contributed by atoms with van der Waals surface area (Å²) in [6.07, 6.45) is 0.418. The highest BCUT2D eigenvalue weighted by molar-refractivity contribution is 7.09. The lowest BCUT2D eigenvalue weighted by molar-refractivity contribution is -0.121. The fourth-order valence-corrected chi connectivity index (χ4v) is 2.61. The molecule has 1 heterocycles. The first-order valence-corrected chi connectivity index (χ1v) is 8.12. The van der Waals surface area contributed by atoms with Crippen molar-refractivity contribution in [3.8, 4) is 5.75 Å². The van der Waals surface area contributed by atoms with Crippen molar-refractivity contribution < 1.29 is 14.3 Å². The molecule has 2 aromatic rings. The molecule has 1 amide bonds. The van der Waals surface area contributed by atoms with Crippen LogP contribution in [-0.4, -0.2) is 18.3 Å². The minimum absolute atomic E-state index is 0.0330. The van der Waals surface area contributed by atoms with Gasteiger partial charge in [0.15, 0.2) is 5.78 Å². The quantitative estimate of drug-likeness (QED) is 0.759. The Bertz CT molecular complexity index is 605. The third-order valence-corrected chi connectivity index (χ3v) is 3.98. The van der Waals surface area contributed by atoms with Crippen LogP contribution in [0.3, 0.4) is 0 Å². The fraction of sp³-hybridized carbons (Fsp3) is 0.294. The van der Waals surface area contributed by atoms with Crippen molar-refractivity contribution in [2.75, 3.05) is 6.61 Å². The first-order chi connectivity index (χ1) is 10.7. The first kappa shape index (κ1) is 16.2. The second-order valence-electron chi connectivity index (χ2n) is 4.74. The summed E-state index contributed by atoms with van der Waals surface area (Å²) in [5.74, 6) is 0.606. The van der Waals surface area contributed by atoms with E-state index < -0.39 is 0 Å². The van der Waals surface area contributed by atoms with Gasteiger partial charge in [-0.05, 0) is 42.6 Å². The number of thiophene rings is 1. The van der Waals surface area contributed by atoms with Crippen LogP contribution in [0, 0.1) is 0 Å². The van der Waals surface area contributed by atoms with Gasteiger partial charge in [-0.1, -0.05) is 6.07 Å². The number of hydrogen-bond donors (Lipinski definition) is 1. The summed E-state index contributed by atoms with van der Waals surface area (Å²) in [6.45, 7) is 3.03. The molecule has 1 aromatic carbocycles. The van der Waals surface area contributed by atoms with Crippen LogP contribution in [0.2, 0.25) is 0 Å². The summed E-state index contributed by atoms with van der Waals surface area (Å²) in [5, 5.41) is 4.79. The number of benzene rings is 1. The third-order valence-electron chi connectivity index (χ3n) is 3.11. The van der Waals surface area contributed by atoms with Crippen LogP contribution in [0.5, 0.6) is 5.75 Å². The van der Waals surface area contributed by atoms with Gasteiger partial charge in [-0.15, -0.1) is 11.3 Å². The van der Waals surface area contributed by atoms with E-state index in [0.717, 1.165) is 10.6 Å². The van der Waals surface area contributed by atoms with Crippen molar-refractivity contribution in [1.29, 1.82) is 0 Å². The van der Waals surface area contributed by atoms with Crippen LogP contribution in [0.1, 0.15) is 35.0 Å². The standard InChI is InChI=1S/C17H19NO3S/c1-2-21-14-7-5-13(6-8-14)16(19)9-10-17(20)18-12-15-4-3-11-22-15/h3-8,11H,2,9-10,12H2,1H3,(H,18,20). The lowest BCUT2D eigenvalue weighted by Gasteiger charge is -2.05. The smallest absolute Gasteiger partial charge is 0.220 e. The van der Waals surface area contributed by atoms with Crippen LogP contribution in [0.25, 0.3) is 0 Å². The van der Waals surface area contributed by atoms with E-state index in [9.17, 15) is 9.59 Å². The van der Waals surface area contributed by atoms with Crippen LogP contribution in [0.4, 0.5) is 0 Å². The summed E-state index contributed by atoms with van der Waals surface area (Å²) >= 11 is 1.60. The molecule has 5 heteroatoms. The monoisotopic (exact) mass is 317 g/mol. The van der Waals surface area contributed by atoms with E-state index in [1.807, 2.05) is 24.4 Å². The van der Waals surface area contributed by atoms with Gasteiger partial charge < -0.3 is 10.1 Å². The SMILES string of the molecule is CCOc1ccc(C(=O)CCC(=O)NCc2cccs2)cc1. The van der Waals surface area contributed by atoms with Crippen LogP contribution in [-0.2, 0) is 11.3 Å². The topological polar surface area (TPSA) is 55.4 Å². The first-order valence-electron chi connectivity index (χ1n) is 7.24. The van der Waals surface area contributed by atoms with Crippen molar-refractivity contribution >= 4 is 23.0 Å². The van der Waals surface area contributed by atoms with Gasteiger partial charge in [0.05, 0.1) is 13.2 Å². The molecule has 1 N–H and O–H groups in total. The summed E-state index contributed by atoms with van der Waals surface area (Å²) in [4.78, 5) is 24.9. The molecule has 0 aliphatic carbocycles. The molecule has 0 aliphatic rings. The van der Waals surface area contributed by atoms with Crippen LogP contribution in [0.15, 0.2) is 41.8 Å². The Hall–Kier alpha value is -2.14. The maximum atomic E-state index is 12.0. The molecule has 0 saturated heterocycles. The number of Topliss-reactive ketones (excluding diaryl/α,β-unsaturated/α-hetero) is 1. The predicted octanol–water partition coefficient (Wildman–Crippen LogP) is 3.43. The Kier molecular flexibility index (Phi) is 6.15. The zero-order valence-corrected chi connectivity index (χ0v) is 13.3. The Labute approximate surface area is 134 Å². The molecule has 116 valence electrons. The average molecular weight is 317 g/mol. The second kappa shape index (κ2) is 8.34. The fourth-order valence-electron chi connectivity index (χ4n) is 1.96. The van der Waals surface area contributed by atoms with E-state index in [4.69, 9.17) is 4.74 Å². The van der Waals surface area contributed by atoms with E-state index >= 15 is 0 Å². The van der Waals surface area contributed by atoms with Gasteiger partial charge in [0.2, 0.25) is 5.91 Å². The van der Waals surface area contributed by atoms with Crippen LogP contribution < -0.4 is 10.1 Å². The molecule has 0 saturated carbocycles. The molecule has 0 atom stereocenters. The Morgan fingerprint density at radius 2 is 1.91 bits per heavy atom. The molecule has 0 radical (unpaired) electrons. The van der Waals surface area contributed by atoms with Crippen molar-refractivity contribution in [1.82, 2.24) is 5.32 Å². The normalized spacial score (nSPS) is 10.2. The summed E-state index contributed by atoms with van der Waals surface area (Å²) in [5.41, 5.74) is 0.606. The number of nitrogens with one attached hydrogen (secondary N) is 1. The van der Waals surface area contributed by atoms with E-state index in [2.05, 4.69) is 5.32 Å². The number of carbonyl (C=O) groups is 2. The molecule has 22 heavy (non-hydrogen) atoms. The van der Waals surface area contributed by atoms with Crippen LogP contribution >= 0.6 is 11.3 Å². The van der Waals surface area contributed by atoms with Gasteiger partial charge in [-0.25, -0.2) is 0 Å². The third kappa shape index (κ3) is 5.00. The lowest BCUT2D eigenvalue weighted by Crippen LogP contribution is -2.22. The summed E-state index contributed by atoms with van der Waals surface area (Å²) in [7, 11) is 0. The zero-order valence-electron chi connectivity index (χ0n) is 12.5. The van der Waals surface area contributed by atoms with E-state index in [1.165, 1.54) is 0 Å². The van der Waals surface area contributed by atoms with E-state index in [1.54, 1.807) is 35.6 Å². The number of ether oxygens (including phenoxy) is 1. The van der Waals surface area contributed by atoms with Crippen molar-refractivity contribution in [2.24, 2.45) is 0 Å². The van der Waals surface area contributed by atoms with Crippen molar-refractivity contribution in [3.05, 3.63) is 52.2 Å². The highest BCUT2D eigenvalue weighted by Gasteiger charge is 2.09. The van der Waals surface area contributed by atoms with E-state index in [-0.39, 0.29) is 24.5 Å². The molecule has 0 spiro atoms. The molecule has 1 aromatic heterocycles.